The molecule has 0 saturated heterocycles. The molecule has 0 amide bonds. The van der Waals surface area contributed by atoms with Crippen LogP contribution < -0.4 is 10.2 Å². The van der Waals surface area contributed by atoms with E-state index >= 15 is 0 Å². The van der Waals surface area contributed by atoms with Crippen molar-refractivity contribution in [1.82, 2.24) is 0 Å². The van der Waals surface area contributed by atoms with Crippen LogP contribution in [0.25, 0.3) is 0 Å². The summed E-state index contributed by atoms with van der Waals surface area (Å²) in [6, 6.07) is 0. The average Bonchev–Trinajstić information content (AvgIpc) is 2.24. The molecule has 0 aliphatic rings. The Hall–Kier alpha value is -1.54. The lowest BCUT2D eigenvalue weighted by atomic mass is 10.1. The van der Waals surface area contributed by atoms with Gasteiger partial charge in [0.2, 0.25) is 0 Å². The number of carboxylic acids is 2. The van der Waals surface area contributed by atoms with Gasteiger partial charge in [0.25, 0.3) is 0 Å². The molecule has 8 heteroatoms. The Bertz CT molecular complexity index is 288. The molecule has 0 heterocycles. The van der Waals surface area contributed by atoms with E-state index in [0.717, 1.165) is 13.8 Å². The molecule has 2 N–H and O–H groups in total. The van der Waals surface area contributed by atoms with E-state index in [1.807, 2.05) is 0 Å². The summed E-state index contributed by atoms with van der Waals surface area (Å²) in [7, 11) is 0. The lowest BCUT2D eigenvalue weighted by Crippen LogP contribution is -2.50. The molecule has 0 bridgehead atoms. The van der Waals surface area contributed by atoms with Gasteiger partial charge < -0.3 is 30.0 Å². The first-order valence-electron chi connectivity index (χ1n) is 4.30. The van der Waals surface area contributed by atoms with E-state index in [2.05, 4.69) is 10.2 Å². The Labute approximate surface area is 91.2 Å². The highest BCUT2D eigenvalue weighted by atomic mass is 16.4. The highest BCUT2D eigenvalue weighted by molar-refractivity contribution is 5.77. The molecule has 0 aliphatic carbocycles. The Morgan fingerprint density at radius 2 is 1.25 bits per heavy atom. The summed E-state index contributed by atoms with van der Waals surface area (Å²) in [6.45, 7) is 0.179. The molecule has 8 nitrogen and oxygen atoms in total. The summed E-state index contributed by atoms with van der Waals surface area (Å²) in [5, 5.41) is 45.0. The third-order valence-corrected chi connectivity index (χ3v) is 1.99. The number of aliphatic hydroxyl groups excluding tert-OH is 2. The van der Waals surface area contributed by atoms with Gasteiger partial charge in [-0.3, -0.25) is 0 Å². The van der Waals surface area contributed by atoms with E-state index in [1.165, 1.54) is 0 Å². The number of hydrogen-bond donors (Lipinski definition) is 2. The second-order valence-electron chi connectivity index (χ2n) is 3.64. The van der Waals surface area contributed by atoms with Crippen LogP contribution in [0.15, 0.2) is 10.2 Å². The number of nitrogens with zero attached hydrogens (tertiary/aromatic N) is 2. The van der Waals surface area contributed by atoms with Crippen molar-refractivity contribution in [2.24, 2.45) is 10.2 Å². The fourth-order valence-electron chi connectivity index (χ4n) is 0.495. The number of hydrogen-bond acceptors (Lipinski definition) is 8. The van der Waals surface area contributed by atoms with Gasteiger partial charge in [0.15, 0.2) is 0 Å². The lowest BCUT2D eigenvalue weighted by Gasteiger charge is -2.26. The van der Waals surface area contributed by atoms with Gasteiger partial charge in [-0.15, -0.1) is 0 Å². The molecule has 0 radical (unpaired) electrons. The zero-order valence-electron chi connectivity index (χ0n) is 8.84. The summed E-state index contributed by atoms with van der Waals surface area (Å²) >= 11 is 0. The van der Waals surface area contributed by atoms with Gasteiger partial charge >= 0.3 is 0 Å². The van der Waals surface area contributed by atoms with Gasteiger partial charge in [-0.25, -0.2) is 0 Å². The molecule has 92 valence electrons. The van der Waals surface area contributed by atoms with Crippen molar-refractivity contribution in [3.8, 4) is 0 Å². The number of carbonyl (C=O) groups is 2. The normalized spacial score (nSPS) is 19.0. The van der Waals surface area contributed by atoms with Crippen molar-refractivity contribution in [3.05, 3.63) is 0 Å². The van der Waals surface area contributed by atoms with Crippen molar-refractivity contribution in [2.45, 2.75) is 24.9 Å². The molecule has 0 fully saturated rings. The van der Waals surface area contributed by atoms with Crippen LogP contribution in [0.5, 0.6) is 0 Å². The van der Waals surface area contributed by atoms with Gasteiger partial charge in [0.1, 0.15) is 11.1 Å². The van der Waals surface area contributed by atoms with E-state index in [-0.39, 0.29) is 0 Å². The lowest BCUT2D eigenvalue weighted by molar-refractivity contribution is -0.316. The summed E-state index contributed by atoms with van der Waals surface area (Å²) in [5.41, 5.74) is -4.10. The number of azo groups is 1. The Kier molecular flexibility index (Phi) is 4.51. The second kappa shape index (κ2) is 4.99. The van der Waals surface area contributed by atoms with E-state index in [9.17, 15) is 19.8 Å². The van der Waals surface area contributed by atoms with E-state index in [0.29, 0.717) is 0 Å². The number of carbonyl (C=O) groups excluding carboxylic acids is 2. The third kappa shape index (κ3) is 2.97. The minimum absolute atomic E-state index is 0.909. The van der Waals surface area contributed by atoms with Crippen molar-refractivity contribution in [2.75, 3.05) is 13.2 Å². The number of carboxylic acid groups (broad SMARTS) is 2. The first kappa shape index (κ1) is 14.5. The van der Waals surface area contributed by atoms with Gasteiger partial charge in [-0.05, 0) is 13.8 Å². The molecule has 0 aliphatic heterocycles. The summed E-state index contributed by atoms with van der Waals surface area (Å²) in [4.78, 5) is 21.2. The van der Waals surface area contributed by atoms with Crippen LogP contribution in [0.2, 0.25) is 0 Å². The molecular weight excluding hydrogens is 220 g/mol. The fraction of sp³-hybridized carbons (Fsp3) is 0.750. The zero-order valence-corrected chi connectivity index (χ0v) is 8.84. The number of aliphatic carboxylic acids is 2. The van der Waals surface area contributed by atoms with E-state index in [4.69, 9.17) is 10.2 Å². The Balaban J connectivity index is 5.07. The first-order valence-corrected chi connectivity index (χ1v) is 4.30. The fourth-order valence-corrected chi connectivity index (χ4v) is 0.495. The molecule has 2 unspecified atom stereocenters. The highest BCUT2D eigenvalue weighted by Crippen LogP contribution is 2.15. The SMILES string of the molecule is CC(CO)(N=NC(C)(CO)C(=O)[O-])C(=O)[O-]. The van der Waals surface area contributed by atoms with Crippen LogP contribution in [0, 0.1) is 0 Å². The number of rotatable bonds is 6. The van der Waals surface area contributed by atoms with Crippen LogP contribution >= 0.6 is 0 Å². The maximum atomic E-state index is 10.6. The first-order chi connectivity index (χ1) is 7.22. The minimum Gasteiger partial charge on any atom is -0.547 e. The third-order valence-electron chi connectivity index (χ3n) is 1.99. The maximum Gasteiger partial charge on any atom is 0.141 e. The van der Waals surface area contributed by atoms with Crippen molar-refractivity contribution in [1.29, 1.82) is 0 Å². The van der Waals surface area contributed by atoms with Crippen molar-refractivity contribution >= 4 is 11.9 Å². The largest absolute Gasteiger partial charge is 0.547 e. The molecular formula is C8H12N2O6-2. The quantitative estimate of drug-likeness (QED) is 0.453. The van der Waals surface area contributed by atoms with Crippen molar-refractivity contribution in [3.63, 3.8) is 0 Å². The molecule has 0 aromatic carbocycles. The predicted molar refractivity (Wildman–Crippen MR) is 45.9 cm³/mol. The van der Waals surface area contributed by atoms with Gasteiger partial charge in [0.05, 0.1) is 25.2 Å². The molecule has 2 atom stereocenters. The molecule has 0 spiro atoms. The van der Waals surface area contributed by atoms with Gasteiger partial charge in [-0.1, -0.05) is 0 Å². The van der Waals surface area contributed by atoms with Crippen LogP contribution in [-0.2, 0) is 9.59 Å². The summed E-state index contributed by atoms with van der Waals surface area (Å²) in [6.07, 6.45) is 0. The monoisotopic (exact) mass is 232 g/mol. The summed E-state index contributed by atoms with van der Waals surface area (Å²) in [5.74, 6) is -3.42. The number of aliphatic hydroxyl groups is 2. The van der Waals surface area contributed by atoms with Gasteiger partial charge in [0, 0.05) is 0 Å². The van der Waals surface area contributed by atoms with Crippen LogP contribution in [0.4, 0.5) is 0 Å². The molecule has 0 aromatic rings. The van der Waals surface area contributed by atoms with Crippen LogP contribution in [0.3, 0.4) is 0 Å². The van der Waals surface area contributed by atoms with Gasteiger partial charge in [-0.2, -0.15) is 10.2 Å². The van der Waals surface area contributed by atoms with Crippen molar-refractivity contribution < 1.29 is 30.0 Å². The minimum atomic E-state index is -2.05. The van der Waals surface area contributed by atoms with Crippen LogP contribution in [0.1, 0.15) is 13.8 Å². The Morgan fingerprint density at radius 3 is 1.38 bits per heavy atom. The Morgan fingerprint density at radius 1 is 1.00 bits per heavy atom. The molecule has 0 aromatic heterocycles. The topological polar surface area (TPSA) is 145 Å². The maximum absolute atomic E-state index is 10.6. The van der Waals surface area contributed by atoms with E-state index in [1.54, 1.807) is 0 Å². The highest BCUT2D eigenvalue weighted by Gasteiger charge is 2.29. The standard InChI is InChI=1S/C8H14N2O6/c1-7(3-11,5(13)14)9-10-8(2,4-12)6(15)16/h11-12H,3-4H2,1-2H3,(H,13,14)(H,15,16)/p-2. The van der Waals surface area contributed by atoms with E-state index < -0.39 is 36.2 Å². The zero-order chi connectivity index (χ0) is 13.0. The predicted octanol–water partition coefficient (Wildman–Crippen LogP) is -3.56. The van der Waals surface area contributed by atoms with Crippen LogP contribution in [-0.4, -0.2) is 46.4 Å². The average molecular weight is 232 g/mol. The second-order valence-corrected chi connectivity index (χ2v) is 3.64. The molecule has 16 heavy (non-hydrogen) atoms. The summed E-state index contributed by atoms with van der Waals surface area (Å²) < 4.78 is 0. The molecule has 0 saturated carbocycles. The smallest absolute Gasteiger partial charge is 0.141 e. The molecule has 0 rings (SSSR count).